The maximum atomic E-state index is 11.8. The molecule has 1 amide bonds. The second-order valence-corrected chi connectivity index (χ2v) is 5.75. The molecule has 1 aliphatic rings. The van der Waals surface area contributed by atoms with Gasteiger partial charge in [-0.2, -0.15) is 0 Å². The molecule has 6 heteroatoms. The maximum Gasteiger partial charge on any atom is 0.227 e. The Bertz CT molecular complexity index is 429. The first kappa shape index (κ1) is 12.6. The summed E-state index contributed by atoms with van der Waals surface area (Å²) in [5.74, 6) is 0.542. The van der Waals surface area contributed by atoms with Crippen LogP contribution >= 0.6 is 50.1 Å². The van der Waals surface area contributed by atoms with Crippen LogP contribution in [0, 0.1) is 9.49 Å². The minimum absolute atomic E-state index is 0.157. The minimum atomic E-state index is 0.157. The van der Waals surface area contributed by atoms with Crippen LogP contribution in [0.5, 0.6) is 0 Å². The van der Waals surface area contributed by atoms with E-state index in [2.05, 4.69) is 43.5 Å². The summed E-state index contributed by atoms with van der Waals surface area (Å²) >= 11 is 11.5. The van der Waals surface area contributed by atoms with Gasteiger partial charge in [0.15, 0.2) is 0 Å². The Labute approximate surface area is 121 Å². The lowest BCUT2D eigenvalue weighted by molar-refractivity contribution is -0.117. The molecule has 0 saturated carbocycles. The van der Waals surface area contributed by atoms with Crippen molar-refractivity contribution in [2.24, 2.45) is 5.92 Å². The molecule has 16 heavy (non-hydrogen) atoms. The number of pyridine rings is 1. The zero-order chi connectivity index (χ0) is 11.7. The van der Waals surface area contributed by atoms with E-state index in [1.807, 2.05) is 6.07 Å². The van der Waals surface area contributed by atoms with Crippen LogP contribution < -0.4 is 4.90 Å². The number of halogens is 3. The molecule has 0 spiro atoms. The minimum Gasteiger partial charge on any atom is -0.311 e. The quantitative estimate of drug-likeness (QED) is 0.423. The van der Waals surface area contributed by atoms with Crippen molar-refractivity contribution in [2.45, 2.75) is 6.42 Å². The highest BCUT2D eigenvalue weighted by Gasteiger charge is 2.31. The van der Waals surface area contributed by atoms with Gasteiger partial charge in [-0.15, -0.1) is 0 Å². The van der Waals surface area contributed by atoms with E-state index >= 15 is 0 Å². The highest BCUT2D eigenvalue weighted by molar-refractivity contribution is 14.1. The molecule has 86 valence electrons. The summed E-state index contributed by atoms with van der Waals surface area (Å²) < 4.78 is 0.838. The van der Waals surface area contributed by atoms with E-state index in [1.165, 1.54) is 0 Å². The fraction of sp³-hybridized carbons (Fsp3) is 0.400. The van der Waals surface area contributed by atoms with Crippen LogP contribution in [0.4, 0.5) is 5.69 Å². The highest BCUT2D eigenvalue weighted by Crippen LogP contribution is 2.32. The number of anilines is 1. The van der Waals surface area contributed by atoms with Crippen LogP contribution in [0.1, 0.15) is 6.42 Å². The Hall–Kier alpha value is 0.120. The van der Waals surface area contributed by atoms with Gasteiger partial charge in [0.1, 0.15) is 5.15 Å². The third kappa shape index (κ3) is 2.36. The summed E-state index contributed by atoms with van der Waals surface area (Å²) in [5, 5.41) is 1.30. The molecule has 1 aliphatic heterocycles. The summed E-state index contributed by atoms with van der Waals surface area (Å²) in [7, 11) is 0. The number of carbonyl (C=O) groups is 1. The van der Waals surface area contributed by atoms with Crippen molar-refractivity contribution in [3.05, 3.63) is 21.0 Å². The summed E-state index contributed by atoms with van der Waals surface area (Å²) in [4.78, 5) is 17.6. The van der Waals surface area contributed by atoms with Crippen molar-refractivity contribution in [2.75, 3.05) is 16.8 Å². The predicted octanol–water partition coefficient (Wildman–Crippen LogP) is 3.09. The first-order chi connectivity index (χ1) is 7.63. The molecule has 1 aromatic heterocycles. The van der Waals surface area contributed by atoms with Gasteiger partial charge in [-0.1, -0.05) is 27.5 Å². The van der Waals surface area contributed by atoms with Crippen molar-refractivity contribution in [1.82, 2.24) is 4.98 Å². The van der Waals surface area contributed by atoms with E-state index in [1.54, 1.807) is 11.1 Å². The summed E-state index contributed by atoms with van der Waals surface area (Å²) in [5.41, 5.74) is 0.869. The summed E-state index contributed by atoms with van der Waals surface area (Å²) in [6.07, 6.45) is 2.23. The first-order valence-electron chi connectivity index (χ1n) is 4.79. The number of hydrogen-bond acceptors (Lipinski definition) is 2. The van der Waals surface area contributed by atoms with Gasteiger partial charge in [0, 0.05) is 24.5 Å². The van der Waals surface area contributed by atoms with E-state index < -0.39 is 0 Å². The van der Waals surface area contributed by atoms with Gasteiger partial charge in [0.2, 0.25) is 5.91 Å². The van der Waals surface area contributed by atoms with Crippen LogP contribution in [-0.4, -0.2) is 22.8 Å². The van der Waals surface area contributed by atoms with Gasteiger partial charge in [-0.3, -0.25) is 4.79 Å². The molecule has 0 N–H and O–H groups in total. The zero-order valence-corrected chi connectivity index (χ0v) is 12.8. The topological polar surface area (TPSA) is 33.2 Å². The van der Waals surface area contributed by atoms with E-state index in [0.717, 1.165) is 21.1 Å². The van der Waals surface area contributed by atoms with Gasteiger partial charge < -0.3 is 4.90 Å². The second-order valence-electron chi connectivity index (χ2n) is 3.66. The highest BCUT2D eigenvalue weighted by atomic mass is 127. The van der Waals surface area contributed by atoms with Crippen LogP contribution in [0.2, 0.25) is 5.15 Å². The molecule has 1 atom stereocenters. The molecule has 1 aromatic rings. The van der Waals surface area contributed by atoms with Gasteiger partial charge in [-0.05, 0) is 34.6 Å². The Morgan fingerprint density at radius 1 is 1.69 bits per heavy atom. The fourth-order valence-electron chi connectivity index (χ4n) is 1.74. The van der Waals surface area contributed by atoms with Crippen molar-refractivity contribution in [1.29, 1.82) is 0 Å². The number of nitrogens with zero attached hydrogens (tertiary/aromatic N) is 2. The maximum absolute atomic E-state index is 11.8. The number of hydrogen-bond donors (Lipinski definition) is 0. The molecule has 1 unspecified atom stereocenters. The Morgan fingerprint density at radius 2 is 2.44 bits per heavy atom. The lowest BCUT2D eigenvalue weighted by atomic mass is 10.2. The number of carbonyl (C=O) groups excluding carboxylic acids is 1. The van der Waals surface area contributed by atoms with Crippen molar-refractivity contribution >= 4 is 61.7 Å². The smallest absolute Gasteiger partial charge is 0.227 e. The SMILES string of the molecule is O=C1CC(CBr)CN1c1ccnc(Cl)c1I. The van der Waals surface area contributed by atoms with E-state index in [-0.39, 0.29) is 5.91 Å². The molecule has 0 aromatic carbocycles. The Balaban J connectivity index is 2.31. The molecule has 2 rings (SSSR count). The normalized spacial score (nSPS) is 20.6. The molecule has 0 aliphatic carbocycles. The van der Waals surface area contributed by atoms with Gasteiger partial charge in [0.25, 0.3) is 0 Å². The van der Waals surface area contributed by atoms with E-state index in [0.29, 0.717) is 17.5 Å². The number of rotatable bonds is 2. The molecule has 3 nitrogen and oxygen atoms in total. The predicted molar refractivity (Wildman–Crippen MR) is 76.2 cm³/mol. The average Bonchev–Trinajstić information content (AvgIpc) is 2.64. The monoisotopic (exact) mass is 414 g/mol. The lowest BCUT2D eigenvalue weighted by Gasteiger charge is -2.18. The van der Waals surface area contributed by atoms with E-state index in [4.69, 9.17) is 11.6 Å². The van der Waals surface area contributed by atoms with Crippen LogP contribution in [0.15, 0.2) is 12.3 Å². The zero-order valence-electron chi connectivity index (χ0n) is 8.29. The van der Waals surface area contributed by atoms with Gasteiger partial charge in [-0.25, -0.2) is 4.98 Å². The molecular formula is C10H9BrClIN2O. The fourth-order valence-corrected chi connectivity index (χ4v) is 2.93. The molecule has 1 fully saturated rings. The van der Waals surface area contributed by atoms with Crippen LogP contribution in [0.25, 0.3) is 0 Å². The largest absolute Gasteiger partial charge is 0.311 e. The Kier molecular flexibility index (Phi) is 4.07. The van der Waals surface area contributed by atoms with Crippen LogP contribution in [-0.2, 0) is 4.79 Å². The second kappa shape index (κ2) is 5.18. The lowest BCUT2D eigenvalue weighted by Crippen LogP contribution is -2.25. The Morgan fingerprint density at radius 3 is 3.06 bits per heavy atom. The number of aromatic nitrogens is 1. The van der Waals surface area contributed by atoms with Crippen LogP contribution in [0.3, 0.4) is 0 Å². The number of alkyl halides is 1. The molecule has 0 bridgehead atoms. The molecule has 2 heterocycles. The van der Waals surface area contributed by atoms with Crippen molar-refractivity contribution < 1.29 is 4.79 Å². The number of amides is 1. The van der Waals surface area contributed by atoms with Crippen molar-refractivity contribution in [3.8, 4) is 0 Å². The summed E-state index contributed by atoms with van der Waals surface area (Å²) in [6, 6.07) is 1.84. The standard InChI is InChI=1S/C10H9BrClIN2O/c11-4-6-3-8(16)15(5-6)7-1-2-14-10(12)9(7)13/h1-2,6H,3-5H2. The average molecular weight is 415 g/mol. The van der Waals surface area contributed by atoms with E-state index in [9.17, 15) is 4.79 Å². The van der Waals surface area contributed by atoms with Crippen molar-refractivity contribution in [3.63, 3.8) is 0 Å². The third-order valence-electron chi connectivity index (χ3n) is 2.54. The third-order valence-corrected chi connectivity index (χ3v) is 5.13. The molecule has 0 radical (unpaired) electrons. The van der Waals surface area contributed by atoms with Gasteiger partial charge in [0.05, 0.1) is 9.26 Å². The summed E-state index contributed by atoms with van der Waals surface area (Å²) in [6.45, 7) is 0.750. The molecule has 1 saturated heterocycles. The first-order valence-corrected chi connectivity index (χ1v) is 7.37. The van der Waals surface area contributed by atoms with Gasteiger partial charge >= 0.3 is 0 Å². The molecular weight excluding hydrogens is 406 g/mol.